The highest BCUT2D eigenvalue weighted by Gasteiger charge is 2.09. The van der Waals surface area contributed by atoms with Crippen LogP contribution in [0.1, 0.15) is 33.3 Å². The fourth-order valence-electron chi connectivity index (χ4n) is 2.60. The average molecular weight is 436 g/mol. The van der Waals surface area contributed by atoms with Gasteiger partial charge in [-0.1, -0.05) is 24.1 Å². The van der Waals surface area contributed by atoms with Gasteiger partial charge in [-0.25, -0.2) is 10.4 Å². The summed E-state index contributed by atoms with van der Waals surface area (Å²) in [5.41, 5.74) is 5.24. The van der Waals surface area contributed by atoms with Gasteiger partial charge >= 0.3 is 0 Å². The van der Waals surface area contributed by atoms with Crippen LogP contribution in [-0.4, -0.2) is 40.9 Å². The predicted molar refractivity (Wildman–Crippen MR) is 121 cm³/mol. The van der Waals surface area contributed by atoms with Gasteiger partial charge < -0.3 is 4.74 Å². The number of benzene rings is 2. The SMILES string of the molecule is CCOc1ccc(-c2cncc(C(=O)N/N=C/c3ccc(C(=O)NSC)cc3)n2)cc1. The molecular formula is C22H21N5O3S. The third kappa shape index (κ3) is 6.13. The molecule has 0 spiro atoms. The van der Waals surface area contributed by atoms with Gasteiger partial charge in [0.25, 0.3) is 11.8 Å². The second-order valence-corrected chi connectivity index (χ2v) is 6.82. The quantitative estimate of drug-likeness (QED) is 0.319. The predicted octanol–water partition coefficient (Wildman–Crippen LogP) is 3.31. The molecule has 0 radical (unpaired) electrons. The first-order valence-electron chi connectivity index (χ1n) is 9.42. The van der Waals surface area contributed by atoms with E-state index in [-0.39, 0.29) is 11.6 Å². The summed E-state index contributed by atoms with van der Waals surface area (Å²) in [6.07, 6.45) is 6.23. The molecule has 2 aromatic carbocycles. The summed E-state index contributed by atoms with van der Waals surface area (Å²) in [5, 5.41) is 3.95. The van der Waals surface area contributed by atoms with Gasteiger partial charge in [-0.3, -0.25) is 19.3 Å². The Balaban J connectivity index is 1.63. The number of carbonyl (C=O) groups excluding carboxylic acids is 2. The van der Waals surface area contributed by atoms with E-state index in [4.69, 9.17) is 4.74 Å². The summed E-state index contributed by atoms with van der Waals surface area (Å²) < 4.78 is 8.08. The molecule has 2 N–H and O–H groups in total. The zero-order chi connectivity index (χ0) is 22.1. The normalized spacial score (nSPS) is 10.6. The molecule has 1 aromatic heterocycles. The van der Waals surface area contributed by atoms with Crippen molar-refractivity contribution in [1.82, 2.24) is 20.1 Å². The van der Waals surface area contributed by atoms with Gasteiger partial charge in [0.15, 0.2) is 0 Å². The molecule has 0 atom stereocenters. The van der Waals surface area contributed by atoms with Crippen LogP contribution in [0.5, 0.6) is 5.75 Å². The highest BCUT2D eigenvalue weighted by molar-refractivity contribution is 7.97. The molecule has 0 aliphatic heterocycles. The third-order valence-electron chi connectivity index (χ3n) is 4.08. The highest BCUT2D eigenvalue weighted by atomic mass is 32.2. The lowest BCUT2D eigenvalue weighted by atomic mass is 10.1. The maximum atomic E-state index is 12.4. The molecule has 1 heterocycles. The van der Waals surface area contributed by atoms with Crippen molar-refractivity contribution in [3.63, 3.8) is 0 Å². The van der Waals surface area contributed by atoms with Crippen LogP contribution in [0.2, 0.25) is 0 Å². The van der Waals surface area contributed by atoms with Crippen LogP contribution in [0.25, 0.3) is 11.3 Å². The van der Waals surface area contributed by atoms with E-state index in [9.17, 15) is 9.59 Å². The summed E-state index contributed by atoms with van der Waals surface area (Å²) in [5.74, 6) is 0.114. The van der Waals surface area contributed by atoms with Gasteiger partial charge in [-0.2, -0.15) is 5.10 Å². The number of nitrogens with zero attached hydrogens (tertiary/aromatic N) is 3. The maximum absolute atomic E-state index is 12.4. The Morgan fingerprint density at radius 2 is 1.81 bits per heavy atom. The summed E-state index contributed by atoms with van der Waals surface area (Å²) in [6.45, 7) is 2.51. The number of amides is 2. The Bertz CT molecular complexity index is 1070. The smallest absolute Gasteiger partial charge is 0.291 e. The van der Waals surface area contributed by atoms with Gasteiger partial charge in [0.05, 0.1) is 30.9 Å². The number of nitrogens with one attached hydrogen (secondary N) is 2. The molecule has 8 nitrogen and oxygen atoms in total. The highest BCUT2D eigenvalue weighted by Crippen LogP contribution is 2.20. The molecule has 0 bridgehead atoms. The maximum Gasteiger partial charge on any atom is 0.291 e. The summed E-state index contributed by atoms with van der Waals surface area (Å²) in [6, 6.07) is 14.2. The number of rotatable bonds is 8. The van der Waals surface area contributed by atoms with E-state index in [0.29, 0.717) is 17.9 Å². The fourth-order valence-corrected chi connectivity index (χ4v) is 2.90. The Morgan fingerprint density at radius 1 is 1.06 bits per heavy atom. The van der Waals surface area contributed by atoms with E-state index in [2.05, 4.69) is 25.2 Å². The zero-order valence-corrected chi connectivity index (χ0v) is 17.8. The van der Waals surface area contributed by atoms with E-state index in [1.54, 1.807) is 36.7 Å². The summed E-state index contributed by atoms with van der Waals surface area (Å²) in [4.78, 5) is 32.6. The van der Waals surface area contributed by atoms with Crippen LogP contribution in [0, 0.1) is 0 Å². The van der Waals surface area contributed by atoms with Crippen LogP contribution in [0.4, 0.5) is 0 Å². The fraction of sp³-hybridized carbons (Fsp3) is 0.136. The van der Waals surface area contributed by atoms with Crippen molar-refractivity contribution in [2.24, 2.45) is 5.10 Å². The van der Waals surface area contributed by atoms with E-state index in [1.807, 2.05) is 31.2 Å². The number of ether oxygens (including phenoxy) is 1. The molecular weight excluding hydrogens is 414 g/mol. The lowest BCUT2D eigenvalue weighted by Crippen LogP contribution is -2.19. The largest absolute Gasteiger partial charge is 0.494 e. The standard InChI is InChI=1S/C22H21N5O3S/c1-3-30-18-10-8-16(9-11-18)19-13-23-14-20(25-19)22(29)26-24-12-15-4-6-17(7-5-15)21(28)27-31-2/h4-14H,3H2,1-2H3,(H,26,29)(H,27,28)/b24-12+. The molecule has 0 saturated carbocycles. The number of aromatic nitrogens is 2. The minimum absolute atomic E-state index is 0.146. The Hall–Kier alpha value is -3.72. The molecule has 3 rings (SSSR count). The molecule has 0 saturated heterocycles. The van der Waals surface area contributed by atoms with Crippen molar-refractivity contribution in [3.8, 4) is 17.0 Å². The van der Waals surface area contributed by atoms with Gasteiger partial charge in [-0.05, 0) is 48.9 Å². The monoisotopic (exact) mass is 435 g/mol. The molecule has 0 fully saturated rings. The third-order valence-corrected chi connectivity index (χ3v) is 4.47. The molecule has 0 unspecified atom stereocenters. The molecule has 3 aromatic rings. The molecule has 31 heavy (non-hydrogen) atoms. The number of hydrogen-bond acceptors (Lipinski definition) is 7. The Morgan fingerprint density at radius 3 is 2.48 bits per heavy atom. The topological polar surface area (TPSA) is 106 Å². The van der Waals surface area contributed by atoms with Gasteiger partial charge in [0.1, 0.15) is 11.4 Å². The number of carbonyl (C=O) groups is 2. The lowest BCUT2D eigenvalue weighted by Gasteiger charge is -2.06. The number of hydrogen-bond donors (Lipinski definition) is 2. The molecule has 0 aliphatic carbocycles. The lowest BCUT2D eigenvalue weighted by molar-refractivity contribution is 0.0948. The first-order chi connectivity index (χ1) is 15.1. The van der Waals surface area contributed by atoms with Crippen molar-refractivity contribution in [2.75, 3.05) is 12.9 Å². The molecule has 158 valence electrons. The second-order valence-electron chi connectivity index (χ2n) is 6.20. The summed E-state index contributed by atoms with van der Waals surface area (Å²) >= 11 is 1.24. The minimum Gasteiger partial charge on any atom is -0.494 e. The van der Waals surface area contributed by atoms with Crippen LogP contribution in [-0.2, 0) is 0 Å². The van der Waals surface area contributed by atoms with E-state index < -0.39 is 5.91 Å². The van der Waals surface area contributed by atoms with Crippen LogP contribution < -0.4 is 14.9 Å². The number of hydrazone groups is 1. The second kappa shape index (κ2) is 10.9. The van der Waals surface area contributed by atoms with E-state index in [0.717, 1.165) is 16.9 Å². The first-order valence-corrected chi connectivity index (χ1v) is 10.6. The van der Waals surface area contributed by atoms with Gasteiger partial charge in [-0.15, -0.1) is 0 Å². The molecule has 0 aliphatic rings. The average Bonchev–Trinajstić information content (AvgIpc) is 2.80. The van der Waals surface area contributed by atoms with Gasteiger partial charge in [0, 0.05) is 17.4 Å². The van der Waals surface area contributed by atoms with Crippen molar-refractivity contribution in [2.45, 2.75) is 6.92 Å². The van der Waals surface area contributed by atoms with Crippen LogP contribution in [0.15, 0.2) is 66.0 Å². The minimum atomic E-state index is -0.479. The van der Waals surface area contributed by atoms with Crippen molar-refractivity contribution < 1.29 is 14.3 Å². The first kappa shape index (κ1) is 22.0. The molecule has 2 amide bonds. The van der Waals surface area contributed by atoms with Gasteiger partial charge in [0.2, 0.25) is 0 Å². The van der Waals surface area contributed by atoms with E-state index in [1.165, 1.54) is 24.4 Å². The zero-order valence-electron chi connectivity index (χ0n) is 17.0. The van der Waals surface area contributed by atoms with E-state index >= 15 is 0 Å². The summed E-state index contributed by atoms with van der Waals surface area (Å²) in [7, 11) is 0. The Kier molecular flexibility index (Phi) is 7.72. The van der Waals surface area contributed by atoms with Crippen LogP contribution >= 0.6 is 11.9 Å². The molecule has 9 heteroatoms. The van der Waals surface area contributed by atoms with Crippen molar-refractivity contribution in [1.29, 1.82) is 0 Å². The Labute approximate surface area is 184 Å². The van der Waals surface area contributed by atoms with Crippen molar-refractivity contribution >= 4 is 30.0 Å². The van der Waals surface area contributed by atoms with Crippen LogP contribution in [0.3, 0.4) is 0 Å². The van der Waals surface area contributed by atoms with Crippen molar-refractivity contribution in [3.05, 3.63) is 77.7 Å².